The van der Waals surface area contributed by atoms with E-state index in [1.54, 1.807) is 18.3 Å². The Morgan fingerprint density at radius 3 is 2.67 bits per heavy atom. The lowest BCUT2D eigenvalue weighted by atomic mass is 10.2. The van der Waals surface area contributed by atoms with E-state index >= 15 is 0 Å². The zero-order valence-corrected chi connectivity index (χ0v) is 15.0. The Balaban J connectivity index is 1.75. The minimum Gasteiger partial charge on any atom is -0.354 e. The normalized spacial score (nSPS) is 11.8. The second-order valence-electron chi connectivity index (χ2n) is 5.46. The number of nitrogens with one attached hydrogen (secondary N) is 4. The van der Waals surface area contributed by atoms with Gasteiger partial charge in [-0.3, -0.25) is 9.78 Å². The van der Waals surface area contributed by atoms with Crippen LogP contribution in [0.2, 0.25) is 0 Å². The summed E-state index contributed by atoms with van der Waals surface area (Å²) in [6.45, 7) is 8.43. The highest BCUT2D eigenvalue weighted by molar-refractivity contribution is 7.11. The summed E-state index contributed by atoms with van der Waals surface area (Å²) in [4.78, 5) is 35.5. The Hall–Kier alpha value is -2.42. The Morgan fingerprint density at radius 1 is 1.29 bits per heavy atom. The number of hydrogen-bond acceptors (Lipinski definition) is 6. The molecule has 0 radical (unpaired) electrons. The standard InChI is InChI=1S/C15H22N6O2S/c1-8-7-12(22)21-14(18-8)16-5-6-17-15(23)19-9(2)13-10(3)24-11(4)20-13/h7,9H,5-6H2,1-4H3,(H2,17,19,23)(H2,16,18,21,22)/t9-/m0/s1. The molecule has 24 heavy (non-hydrogen) atoms. The van der Waals surface area contributed by atoms with E-state index in [-0.39, 0.29) is 17.6 Å². The fraction of sp³-hybridized carbons (Fsp3) is 0.467. The van der Waals surface area contributed by atoms with E-state index in [0.29, 0.717) is 24.7 Å². The number of rotatable bonds is 6. The summed E-state index contributed by atoms with van der Waals surface area (Å²) in [7, 11) is 0. The number of aromatic amines is 1. The van der Waals surface area contributed by atoms with Crippen molar-refractivity contribution in [2.75, 3.05) is 18.4 Å². The predicted molar refractivity (Wildman–Crippen MR) is 94.6 cm³/mol. The van der Waals surface area contributed by atoms with Crippen LogP contribution in [-0.2, 0) is 0 Å². The summed E-state index contributed by atoms with van der Waals surface area (Å²) in [6, 6.07) is 0.998. The second-order valence-corrected chi connectivity index (χ2v) is 6.87. The molecule has 0 bridgehead atoms. The first-order valence-electron chi connectivity index (χ1n) is 7.65. The molecule has 8 nitrogen and oxygen atoms in total. The number of nitrogens with zero attached hydrogens (tertiary/aromatic N) is 2. The van der Waals surface area contributed by atoms with Crippen molar-refractivity contribution in [1.29, 1.82) is 0 Å². The number of carbonyl (C=O) groups excluding carboxylic acids is 1. The lowest BCUT2D eigenvalue weighted by Gasteiger charge is -2.14. The maximum atomic E-state index is 11.9. The van der Waals surface area contributed by atoms with Gasteiger partial charge in [-0.1, -0.05) is 0 Å². The van der Waals surface area contributed by atoms with Gasteiger partial charge in [-0.25, -0.2) is 14.8 Å². The van der Waals surface area contributed by atoms with Crippen LogP contribution in [-0.4, -0.2) is 34.1 Å². The Labute approximate surface area is 144 Å². The van der Waals surface area contributed by atoms with E-state index in [1.807, 2.05) is 20.8 Å². The van der Waals surface area contributed by atoms with Gasteiger partial charge in [0.1, 0.15) is 0 Å². The minimum atomic E-state index is -0.264. The number of urea groups is 1. The molecule has 0 saturated heterocycles. The molecule has 2 rings (SSSR count). The summed E-state index contributed by atoms with van der Waals surface area (Å²) >= 11 is 1.62. The van der Waals surface area contributed by atoms with Crippen LogP contribution in [0.25, 0.3) is 0 Å². The highest BCUT2D eigenvalue weighted by atomic mass is 32.1. The van der Waals surface area contributed by atoms with E-state index in [2.05, 4.69) is 30.9 Å². The van der Waals surface area contributed by atoms with E-state index in [4.69, 9.17) is 0 Å². The first kappa shape index (κ1) is 17.9. The molecule has 0 fully saturated rings. The molecular weight excluding hydrogens is 328 g/mol. The highest BCUT2D eigenvalue weighted by Crippen LogP contribution is 2.22. The molecule has 0 spiro atoms. The minimum absolute atomic E-state index is 0.155. The number of H-pyrrole nitrogens is 1. The van der Waals surface area contributed by atoms with Gasteiger partial charge in [0.05, 0.1) is 16.7 Å². The highest BCUT2D eigenvalue weighted by Gasteiger charge is 2.15. The third-order valence-corrected chi connectivity index (χ3v) is 4.17. The Bertz CT molecular complexity index is 770. The van der Waals surface area contributed by atoms with Gasteiger partial charge in [0, 0.05) is 29.7 Å². The number of thiazole rings is 1. The van der Waals surface area contributed by atoms with Gasteiger partial charge < -0.3 is 16.0 Å². The number of aromatic nitrogens is 3. The molecule has 1 atom stereocenters. The number of carbonyl (C=O) groups is 1. The average Bonchev–Trinajstić information content (AvgIpc) is 2.81. The van der Waals surface area contributed by atoms with Crippen molar-refractivity contribution in [3.63, 3.8) is 0 Å². The Morgan fingerprint density at radius 2 is 2.04 bits per heavy atom. The van der Waals surface area contributed by atoms with Crippen molar-refractivity contribution in [1.82, 2.24) is 25.6 Å². The number of hydrogen-bond donors (Lipinski definition) is 4. The molecule has 4 N–H and O–H groups in total. The van der Waals surface area contributed by atoms with Crippen LogP contribution in [0.4, 0.5) is 10.7 Å². The zero-order chi connectivity index (χ0) is 17.7. The molecule has 0 aliphatic carbocycles. The lowest BCUT2D eigenvalue weighted by molar-refractivity contribution is 0.238. The lowest BCUT2D eigenvalue weighted by Crippen LogP contribution is -2.39. The maximum Gasteiger partial charge on any atom is 0.315 e. The fourth-order valence-electron chi connectivity index (χ4n) is 2.28. The summed E-state index contributed by atoms with van der Waals surface area (Å²) in [5, 5.41) is 9.56. The number of aryl methyl sites for hydroxylation is 3. The number of amides is 2. The summed E-state index contributed by atoms with van der Waals surface area (Å²) in [5.41, 5.74) is 1.32. The van der Waals surface area contributed by atoms with Crippen molar-refractivity contribution < 1.29 is 4.79 Å². The van der Waals surface area contributed by atoms with E-state index < -0.39 is 0 Å². The molecule has 0 aromatic carbocycles. The van der Waals surface area contributed by atoms with Crippen LogP contribution in [0.1, 0.15) is 34.2 Å². The molecule has 9 heteroatoms. The molecule has 2 aromatic rings. The van der Waals surface area contributed by atoms with E-state index in [9.17, 15) is 9.59 Å². The van der Waals surface area contributed by atoms with Crippen molar-refractivity contribution in [2.24, 2.45) is 0 Å². The third-order valence-electron chi connectivity index (χ3n) is 3.27. The predicted octanol–water partition coefficient (Wildman–Crippen LogP) is 1.62. The smallest absolute Gasteiger partial charge is 0.315 e. The number of anilines is 1. The molecule has 2 amide bonds. The fourth-order valence-corrected chi connectivity index (χ4v) is 3.20. The van der Waals surface area contributed by atoms with Crippen LogP contribution >= 0.6 is 11.3 Å². The molecule has 0 unspecified atom stereocenters. The molecule has 2 heterocycles. The van der Waals surface area contributed by atoms with Crippen LogP contribution < -0.4 is 21.5 Å². The van der Waals surface area contributed by atoms with Crippen LogP contribution in [0.15, 0.2) is 10.9 Å². The molecule has 2 aromatic heterocycles. The summed E-state index contributed by atoms with van der Waals surface area (Å²) < 4.78 is 0. The van der Waals surface area contributed by atoms with E-state index in [1.165, 1.54) is 6.07 Å². The van der Waals surface area contributed by atoms with Crippen LogP contribution in [0, 0.1) is 20.8 Å². The molecule has 0 aliphatic heterocycles. The second kappa shape index (κ2) is 7.91. The SMILES string of the molecule is Cc1cc(=O)[nH]c(NCCNC(=O)N[C@@H](C)c2nc(C)sc2C)n1. The molecule has 0 aliphatic rings. The van der Waals surface area contributed by atoms with E-state index in [0.717, 1.165) is 15.6 Å². The summed E-state index contributed by atoms with van der Waals surface area (Å²) in [5.74, 6) is 0.393. The first-order chi connectivity index (χ1) is 11.3. The van der Waals surface area contributed by atoms with Gasteiger partial charge in [0.15, 0.2) is 0 Å². The summed E-state index contributed by atoms with van der Waals surface area (Å²) in [6.07, 6.45) is 0. The molecule has 0 saturated carbocycles. The monoisotopic (exact) mass is 350 g/mol. The van der Waals surface area contributed by atoms with Gasteiger partial charge in [0.2, 0.25) is 5.95 Å². The van der Waals surface area contributed by atoms with Crippen LogP contribution in [0.3, 0.4) is 0 Å². The largest absolute Gasteiger partial charge is 0.354 e. The maximum absolute atomic E-state index is 11.9. The van der Waals surface area contributed by atoms with Crippen molar-refractivity contribution in [3.8, 4) is 0 Å². The van der Waals surface area contributed by atoms with Gasteiger partial charge in [0.25, 0.3) is 5.56 Å². The van der Waals surface area contributed by atoms with Crippen LogP contribution in [0.5, 0.6) is 0 Å². The quantitative estimate of drug-likeness (QED) is 0.592. The van der Waals surface area contributed by atoms with Gasteiger partial charge in [-0.15, -0.1) is 11.3 Å². The van der Waals surface area contributed by atoms with Crippen molar-refractivity contribution in [3.05, 3.63) is 37.7 Å². The van der Waals surface area contributed by atoms with Gasteiger partial charge >= 0.3 is 6.03 Å². The third kappa shape index (κ3) is 5.05. The van der Waals surface area contributed by atoms with Gasteiger partial charge in [-0.2, -0.15) is 0 Å². The molecule has 130 valence electrons. The first-order valence-corrected chi connectivity index (χ1v) is 8.47. The van der Waals surface area contributed by atoms with Crippen molar-refractivity contribution >= 4 is 23.3 Å². The Kier molecular flexibility index (Phi) is 5.91. The molecular formula is C15H22N6O2S. The average molecular weight is 350 g/mol. The van der Waals surface area contributed by atoms with Crippen molar-refractivity contribution in [2.45, 2.75) is 33.7 Å². The van der Waals surface area contributed by atoms with Gasteiger partial charge in [-0.05, 0) is 27.7 Å². The zero-order valence-electron chi connectivity index (χ0n) is 14.2. The topological polar surface area (TPSA) is 112 Å².